The van der Waals surface area contributed by atoms with E-state index in [2.05, 4.69) is 20.2 Å². The summed E-state index contributed by atoms with van der Waals surface area (Å²) in [5.41, 5.74) is -2.78. The lowest BCUT2D eigenvalue weighted by atomic mass is 9.96. The van der Waals surface area contributed by atoms with Gasteiger partial charge < -0.3 is 15.0 Å². The molecule has 2 atom stereocenters. The summed E-state index contributed by atoms with van der Waals surface area (Å²) < 4.78 is 69.1. The number of anilines is 1. The molecule has 2 aromatic heterocycles. The van der Waals surface area contributed by atoms with E-state index in [9.17, 15) is 26.4 Å². The van der Waals surface area contributed by atoms with Gasteiger partial charge in [-0.25, -0.2) is 18.4 Å². The van der Waals surface area contributed by atoms with Crippen molar-refractivity contribution in [2.75, 3.05) is 11.2 Å². The quantitative estimate of drug-likeness (QED) is 0.584. The zero-order chi connectivity index (χ0) is 26.5. The van der Waals surface area contributed by atoms with Crippen LogP contribution in [0.1, 0.15) is 45.1 Å². The molecule has 4 rings (SSSR count). The van der Waals surface area contributed by atoms with Crippen LogP contribution in [0, 0.1) is 0 Å². The van der Waals surface area contributed by atoms with Crippen molar-refractivity contribution in [3.63, 3.8) is 0 Å². The highest BCUT2D eigenvalue weighted by atomic mass is 35.5. The second-order valence-corrected chi connectivity index (χ2v) is 12.1. The smallest absolute Gasteiger partial charge is 0.421 e. The van der Waals surface area contributed by atoms with Gasteiger partial charge in [0.2, 0.25) is 5.88 Å². The molecule has 2 bridgehead atoms. The van der Waals surface area contributed by atoms with Crippen LogP contribution in [0.5, 0.6) is 5.88 Å². The normalized spacial score (nSPS) is 22.4. The first kappa shape index (κ1) is 26.5. The van der Waals surface area contributed by atoms with Crippen molar-refractivity contribution >= 4 is 33.2 Å². The van der Waals surface area contributed by atoms with Gasteiger partial charge >= 0.3 is 6.18 Å². The van der Waals surface area contributed by atoms with Crippen LogP contribution in [0.15, 0.2) is 35.5 Å². The highest BCUT2D eigenvalue weighted by Gasteiger charge is 2.44. The zero-order valence-corrected chi connectivity index (χ0v) is 21.4. The van der Waals surface area contributed by atoms with E-state index in [-0.39, 0.29) is 28.0 Å². The maximum absolute atomic E-state index is 13.4. The van der Waals surface area contributed by atoms with Gasteiger partial charge in [0, 0.05) is 36.8 Å². The Bertz CT molecular complexity index is 1240. The molecule has 2 fully saturated rings. The predicted molar refractivity (Wildman–Crippen MR) is 127 cm³/mol. The second kappa shape index (κ2) is 9.37. The molecule has 0 aliphatic carbocycles. The van der Waals surface area contributed by atoms with Crippen molar-refractivity contribution in [2.24, 2.45) is 0 Å². The van der Waals surface area contributed by atoms with Crippen LogP contribution >= 0.6 is 11.6 Å². The van der Waals surface area contributed by atoms with Crippen LogP contribution in [0.3, 0.4) is 0 Å². The number of nitrogens with one attached hydrogen (secondary N) is 1. The Kier molecular flexibility index (Phi) is 6.89. The molecule has 2 saturated heterocycles. The van der Waals surface area contributed by atoms with E-state index in [1.165, 1.54) is 26.1 Å². The molecule has 0 aromatic carbocycles. The second-order valence-electron chi connectivity index (χ2n) is 9.67. The summed E-state index contributed by atoms with van der Waals surface area (Å²) in [6.45, 7) is 2.77. The van der Waals surface area contributed by atoms with Gasteiger partial charge in [-0.05, 0) is 57.7 Å². The van der Waals surface area contributed by atoms with Gasteiger partial charge in [-0.2, -0.15) is 13.2 Å². The van der Waals surface area contributed by atoms with E-state index in [1.807, 2.05) is 0 Å². The maximum Gasteiger partial charge on any atom is 0.421 e. The summed E-state index contributed by atoms with van der Waals surface area (Å²) in [5, 5.41) is 2.73. The van der Waals surface area contributed by atoms with E-state index < -0.39 is 39.0 Å². The summed E-state index contributed by atoms with van der Waals surface area (Å²) >= 11 is 5.67. The highest BCUT2D eigenvalue weighted by molar-refractivity contribution is 7.90. The van der Waals surface area contributed by atoms with Crippen LogP contribution in [-0.2, 0) is 20.8 Å². The van der Waals surface area contributed by atoms with Gasteiger partial charge in [0.1, 0.15) is 11.4 Å². The Balaban J connectivity index is 1.43. The molecule has 2 aliphatic heterocycles. The van der Waals surface area contributed by atoms with Crippen molar-refractivity contribution < 1.29 is 31.1 Å². The fourth-order valence-electron chi connectivity index (χ4n) is 4.77. The number of ether oxygens (including phenoxy) is 1. The Labute approximate surface area is 212 Å². The van der Waals surface area contributed by atoms with E-state index in [4.69, 9.17) is 16.3 Å². The summed E-state index contributed by atoms with van der Waals surface area (Å²) in [7, 11) is -3.35. The minimum atomic E-state index is -4.75. The third kappa shape index (κ3) is 5.54. The molecule has 1 amide bonds. The number of sulfone groups is 1. The topological polar surface area (TPSA) is 101 Å². The molecule has 0 saturated carbocycles. The number of pyridine rings is 2. The van der Waals surface area contributed by atoms with Crippen LogP contribution in [0.2, 0.25) is 5.02 Å². The zero-order valence-electron chi connectivity index (χ0n) is 19.8. The summed E-state index contributed by atoms with van der Waals surface area (Å²) in [4.78, 5) is 23.3. The summed E-state index contributed by atoms with van der Waals surface area (Å²) in [6, 6.07) is 3.90. The lowest BCUT2D eigenvalue weighted by Gasteiger charge is -2.40. The molecule has 2 aromatic rings. The molecule has 8 nitrogen and oxygen atoms in total. The fraction of sp³-hybridized carbons (Fsp3) is 0.522. The highest BCUT2D eigenvalue weighted by Crippen LogP contribution is 2.40. The Hall–Kier alpha value is -2.60. The van der Waals surface area contributed by atoms with Crippen LogP contribution in [0.25, 0.3) is 0 Å². The van der Waals surface area contributed by atoms with Crippen molar-refractivity contribution in [3.05, 3.63) is 41.2 Å². The van der Waals surface area contributed by atoms with Crippen LogP contribution in [-0.4, -0.2) is 54.3 Å². The Morgan fingerprint density at radius 1 is 1.14 bits per heavy atom. The van der Waals surface area contributed by atoms with E-state index >= 15 is 0 Å². The van der Waals surface area contributed by atoms with Crippen LogP contribution < -0.4 is 15.0 Å². The number of amides is 1. The molecule has 13 heteroatoms. The predicted octanol–water partition coefficient (Wildman–Crippen LogP) is 4.03. The van der Waals surface area contributed by atoms with E-state index in [0.717, 1.165) is 25.3 Å². The Morgan fingerprint density at radius 2 is 1.78 bits per heavy atom. The number of nitrogens with zero attached hydrogens (tertiary/aromatic N) is 3. The lowest BCUT2D eigenvalue weighted by molar-refractivity contribution is -0.144. The third-order valence-corrected chi connectivity index (χ3v) is 7.81. The number of alkyl halides is 3. The van der Waals surface area contributed by atoms with Gasteiger partial charge in [-0.3, -0.25) is 4.79 Å². The molecule has 196 valence electrons. The average molecular weight is 547 g/mol. The first-order chi connectivity index (χ1) is 16.6. The summed E-state index contributed by atoms with van der Waals surface area (Å²) in [5.74, 6) is -0.594. The van der Waals surface area contributed by atoms with Crippen molar-refractivity contribution in [1.29, 1.82) is 0 Å². The molecular weight excluding hydrogens is 521 g/mol. The van der Waals surface area contributed by atoms with Gasteiger partial charge in [-0.1, -0.05) is 11.6 Å². The molecular formula is C23H26ClF3N4O4S. The number of carbonyl (C=O) groups is 1. The van der Waals surface area contributed by atoms with Crippen molar-refractivity contribution in [3.8, 4) is 5.88 Å². The van der Waals surface area contributed by atoms with Gasteiger partial charge in [-0.15, -0.1) is 0 Å². The number of piperidine rings is 1. The maximum atomic E-state index is 13.4. The minimum Gasteiger partial charge on any atom is -0.461 e. The fourth-order valence-corrected chi connectivity index (χ4v) is 5.49. The van der Waals surface area contributed by atoms with E-state index in [0.29, 0.717) is 24.7 Å². The number of hydrogen-bond donors (Lipinski definition) is 1. The number of halogens is 4. The average Bonchev–Trinajstić information content (AvgIpc) is 3.04. The number of aromatic nitrogens is 2. The molecule has 2 aliphatic rings. The number of fused-ring (bicyclic) bond motifs is 2. The largest absolute Gasteiger partial charge is 0.461 e. The standard InChI is InChI=1S/C23H26ClF3N4O4S/c1-22(2,35-20-18(23(25,26)27)8-13(24)11-29-20)21(32)30-14-9-15-4-5-16(10-14)31(15)19-7-6-17(12-28-19)36(3,33)34/h6-8,11-12,14-16H,4-5,9-10H2,1-3H3,(H,30,32). The number of carbonyl (C=O) groups excluding carboxylic acids is 1. The van der Waals surface area contributed by atoms with Crippen molar-refractivity contribution in [1.82, 2.24) is 15.3 Å². The molecule has 0 radical (unpaired) electrons. The Morgan fingerprint density at radius 3 is 2.31 bits per heavy atom. The lowest BCUT2D eigenvalue weighted by Crippen LogP contribution is -2.55. The number of rotatable bonds is 6. The number of hydrogen-bond acceptors (Lipinski definition) is 7. The first-order valence-electron chi connectivity index (χ1n) is 11.3. The van der Waals surface area contributed by atoms with Crippen LogP contribution in [0.4, 0.5) is 19.0 Å². The van der Waals surface area contributed by atoms with Gasteiger partial charge in [0.05, 0.1) is 9.92 Å². The van der Waals surface area contributed by atoms with E-state index in [1.54, 1.807) is 6.07 Å². The molecule has 1 N–H and O–H groups in total. The summed E-state index contributed by atoms with van der Waals surface area (Å²) in [6.07, 6.45) is 1.74. The van der Waals surface area contributed by atoms with Gasteiger partial charge in [0.15, 0.2) is 15.4 Å². The molecule has 36 heavy (non-hydrogen) atoms. The minimum absolute atomic E-state index is 0.0874. The molecule has 4 heterocycles. The third-order valence-electron chi connectivity index (χ3n) is 6.50. The van der Waals surface area contributed by atoms with Crippen molar-refractivity contribution in [2.45, 2.75) is 74.3 Å². The van der Waals surface area contributed by atoms with Gasteiger partial charge in [0.25, 0.3) is 5.91 Å². The first-order valence-corrected chi connectivity index (χ1v) is 13.6. The monoisotopic (exact) mass is 546 g/mol. The SMILES string of the molecule is CC(C)(Oc1ncc(Cl)cc1C(F)(F)F)C(=O)NC1CC2CCC(C1)N2c1ccc(S(C)(=O)=O)cn1. The molecule has 2 unspecified atom stereocenters. The molecule has 0 spiro atoms.